The number of pyridine rings is 1. The average Bonchev–Trinajstić information content (AvgIpc) is 3.20. The van der Waals surface area contributed by atoms with Gasteiger partial charge in [-0.2, -0.15) is 0 Å². The van der Waals surface area contributed by atoms with Gasteiger partial charge in [0.25, 0.3) is 5.91 Å². The lowest BCUT2D eigenvalue weighted by Crippen LogP contribution is -2.43. The van der Waals surface area contributed by atoms with Gasteiger partial charge in [0.2, 0.25) is 5.91 Å². The summed E-state index contributed by atoms with van der Waals surface area (Å²) in [6.07, 6.45) is 7.21. The lowest BCUT2D eigenvalue weighted by molar-refractivity contribution is -0.127. The van der Waals surface area contributed by atoms with E-state index >= 15 is 0 Å². The van der Waals surface area contributed by atoms with E-state index in [0.717, 1.165) is 11.4 Å². The zero-order valence-electron chi connectivity index (χ0n) is 14.2. The molecule has 2 aromatic heterocycles. The first-order valence-corrected chi connectivity index (χ1v) is 9.46. The quantitative estimate of drug-likeness (QED) is 0.892. The van der Waals surface area contributed by atoms with Crippen LogP contribution in [0.4, 0.5) is 0 Å². The van der Waals surface area contributed by atoms with Gasteiger partial charge >= 0.3 is 0 Å². The Morgan fingerprint density at radius 1 is 1.28 bits per heavy atom. The molecule has 0 aliphatic carbocycles. The Kier molecular flexibility index (Phi) is 5.75. The van der Waals surface area contributed by atoms with Gasteiger partial charge < -0.3 is 10.2 Å². The van der Waals surface area contributed by atoms with Crippen molar-refractivity contribution in [3.05, 3.63) is 46.7 Å². The van der Waals surface area contributed by atoms with Gasteiger partial charge in [0.15, 0.2) is 0 Å². The van der Waals surface area contributed by atoms with Crippen molar-refractivity contribution in [2.75, 3.05) is 13.1 Å². The van der Waals surface area contributed by atoms with Crippen LogP contribution in [0.1, 0.15) is 47.6 Å². The van der Waals surface area contributed by atoms with Gasteiger partial charge in [-0.1, -0.05) is 6.92 Å². The van der Waals surface area contributed by atoms with Crippen LogP contribution in [0, 0.1) is 5.92 Å². The molecule has 1 aliphatic heterocycles. The molecule has 1 aliphatic rings. The van der Waals surface area contributed by atoms with Crippen molar-refractivity contribution in [1.29, 1.82) is 0 Å². The number of carbonyl (C=O) groups is 2. The Balaban J connectivity index is 1.53. The molecular formula is C18H22N4O2S. The first-order chi connectivity index (χ1) is 12.2. The molecule has 1 fully saturated rings. The number of nitrogens with zero attached hydrogens (tertiary/aromatic N) is 3. The summed E-state index contributed by atoms with van der Waals surface area (Å²) in [5, 5.41) is 5.98. The van der Waals surface area contributed by atoms with Gasteiger partial charge in [0.1, 0.15) is 5.01 Å². The normalized spacial score (nSPS) is 16.4. The predicted octanol–water partition coefficient (Wildman–Crippen LogP) is 2.66. The second-order valence-corrected chi connectivity index (χ2v) is 7.07. The number of hydrogen-bond acceptors (Lipinski definition) is 5. The minimum Gasteiger partial charge on any atom is -0.347 e. The number of amides is 2. The van der Waals surface area contributed by atoms with Gasteiger partial charge in [0.05, 0.1) is 6.04 Å². The molecule has 0 saturated carbocycles. The lowest BCUT2D eigenvalue weighted by atomic mass is 9.95. The fraction of sp³-hybridized carbons (Fsp3) is 0.444. The maximum Gasteiger partial charge on any atom is 0.253 e. The standard InChI is InChI=1S/C18H22N4O2S/c1-2-15(17-20-9-12-25-17)21-16(23)13-5-10-22(11-6-13)18(24)14-3-7-19-8-4-14/h3-4,7-9,12-13,15H,2,5-6,10-11H2,1H3,(H,21,23)/t15-/m1/s1. The van der Waals surface area contributed by atoms with Crippen molar-refractivity contribution in [3.8, 4) is 0 Å². The Morgan fingerprint density at radius 3 is 2.60 bits per heavy atom. The summed E-state index contributed by atoms with van der Waals surface area (Å²) in [4.78, 5) is 35.1. The zero-order valence-corrected chi connectivity index (χ0v) is 15.0. The number of likely N-dealkylation sites (tertiary alicyclic amines) is 1. The second kappa shape index (κ2) is 8.20. The molecule has 1 atom stereocenters. The molecule has 132 valence electrons. The molecule has 0 unspecified atom stereocenters. The van der Waals surface area contributed by atoms with Crippen molar-refractivity contribution >= 4 is 23.2 Å². The summed E-state index contributed by atoms with van der Waals surface area (Å²) in [5.74, 6) is 0.0315. The van der Waals surface area contributed by atoms with E-state index in [1.165, 1.54) is 0 Å². The minimum absolute atomic E-state index is 0.00970. The van der Waals surface area contributed by atoms with E-state index in [0.29, 0.717) is 31.5 Å². The molecule has 25 heavy (non-hydrogen) atoms. The van der Waals surface area contributed by atoms with Gasteiger partial charge in [0, 0.05) is 48.5 Å². The summed E-state index contributed by atoms with van der Waals surface area (Å²) in [5.41, 5.74) is 0.646. The van der Waals surface area contributed by atoms with Crippen molar-refractivity contribution < 1.29 is 9.59 Å². The Hall–Kier alpha value is -2.28. The first kappa shape index (κ1) is 17.5. The number of piperidine rings is 1. The molecule has 7 heteroatoms. The van der Waals surface area contributed by atoms with E-state index in [-0.39, 0.29) is 23.8 Å². The summed E-state index contributed by atoms with van der Waals surface area (Å²) >= 11 is 1.56. The number of nitrogens with one attached hydrogen (secondary N) is 1. The highest BCUT2D eigenvalue weighted by atomic mass is 32.1. The van der Waals surface area contributed by atoms with Crippen molar-refractivity contribution in [2.45, 2.75) is 32.2 Å². The molecule has 2 amide bonds. The number of thiazole rings is 1. The highest BCUT2D eigenvalue weighted by Gasteiger charge is 2.29. The molecule has 0 radical (unpaired) electrons. The highest BCUT2D eigenvalue weighted by Crippen LogP contribution is 2.23. The molecule has 1 saturated heterocycles. The van der Waals surface area contributed by atoms with Crippen molar-refractivity contribution in [1.82, 2.24) is 20.2 Å². The van der Waals surface area contributed by atoms with Crippen LogP contribution in [0.15, 0.2) is 36.1 Å². The Labute approximate surface area is 151 Å². The Bertz CT molecular complexity index is 697. The van der Waals surface area contributed by atoms with Crippen LogP contribution in [0.2, 0.25) is 0 Å². The second-order valence-electron chi connectivity index (χ2n) is 6.14. The SMILES string of the molecule is CC[C@@H](NC(=O)C1CCN(C(=O)c2ccncc2)CC1)c1nccs1. The number of carbonyl (C=O) groups excluding carboxylic acids is 2. The highest BCUT2D eigenvalue weighted by molar-refractivity contribution is 7.09. The van der Waals surface area contributed by atoms with Crippen LogP contribution < -0.4 is 5.32 Å². The van der Waals surface area contributed by atoms with Gasteiger partial charge in [-0.25, -0.2) is 4.98 Å². The molecule has 0 bridgehead atoms. The third kappa shape index (κ3) is 4.22. The third-order valence-electron chi connectivity index (χ3n) is 4.55. The minimum atomic E-state index is -0.0458. The van der Waals surface area contributed by atoms with Crippen molar-refractivity contribution in [3.63, 3.8) is 0 Å². The maximum atomic E-state index is 12.6. The van der Waals surface area contributed by atoms with E-state index in [1.54, 1.807) is 42.1 Å². The lowest BCUT2D eigenvalue weighted by Gasteiger charge is -2.32. The van der Waals surface area contributed by atoms with E-state index in [4.69, 9.17) is 0 Å². The van der Waals surface area contributed by atoms with Gasteiger partial charge in [-0.05, 0) is 31.4 Å². The summed E-state index contributed by atoms with van der Waals surface area (Å²) < 4.78 is 0. The summed E-state index contributed by atoms with van der Waals surface area (Å²) in [7, 11) is 0. The van der Waals surface area contributed by atoms with Crippen LogP contribution in [-0.2, 0) is 4.79 Å². The van der Waals surface area contributed by atoms with Crippen LogP contribution in [-0.4, -0.2) is 39.8 Å². The van der Waals surface area contributed by atoms with Crippen molar-refractivity contribution in [2.24, 2.45) is 5.92 Å². The van der Waals surface area contributed by atoms with Crippen LogP contribution in [0.5, 0.6) is 0 Å². The van der Waals surface area contributed by atoms with Gasteiger partial charge in [-0.15, -0.1) is 11.3 Å². The average molecular weight is 358 g/mol. The number of aromatic nitrogens is 2. The predicted molar refractivity (Wildman–Crippen MR) is 96.2 cm³/mol. The molecule has 0 spiro atoms. The molecule has 6 nitrogen and oxygen atoms in total. The van der Waals surface area contributed by atoms with E-state index in [1.807, 2.05) is 17.2 Å². The monoisotopic (exact) mass is 358 g/mol. The molecular weight excluding hydrogens is 336 g/mol. The largest absolute Gasteiger partial charge is 0.347 e. The fourth-order valence-corrected chi connectivity index (χ4v) is 3.83. The smallest absolute Gasteiger partial charge is 0.253 e. The van der Waals surface area contributed by atoms with Crippen LogP contribution in [0.3, 0.4) is 0 Å². The molecule has 3 rings (SSSR count). The van der Waals surface area contributed by atoms with E-state index in [9.17, 15) is 9.59 Å². The zero-order chi connectivity index (χ0) is 17.6. The number of hydrogen-bond donors (Lipinski definition) is 1. The molecule has 0 aromatic carbocycles. The van der Waals surface area contributed by atoms with Crippen LogP contribution in [0.25, 0.3) is 0 Å². The number of rotatable bonds is 5. The molecule has 3 heterocycles. The van der Waals surface area contributed by atoms with E-state index < -0.39 is 0 Å². The summed E-state index contributed by atoms with van der Waals surface area (Å²) in [6, 6.07) is 3.42. The van der Waals surface area contributed by atoms with E-state index in [2.05, 4.69) is 15.3 Å². The topological polar surface area (TPSA) is 75.2 Å². The maximum absolute atomic E-state index is 12.6. The molecule has 1 N–H and O–H groups in total. The summed E-state index contributed by atoms with van der Waals surface area (Å²) in [6.45, 7) is 3.25. The third-order valence-corrected chi connectivity index (χ3v) is 5.44. The first-order valence-electron chi connectivity index (χ1n) is 8.58. The van der Waals surface area contributed by atoms with Crippen LogP contribution >= 0.6 is 11.3 Å². The Morgan fingerprint density at radius 2 is 2.00 bits per heavy atom. The molecule has 2 aromatic rings. The fourth-order valence-electron chi connectivity index (χ4n) is 3.06. The van der Waals surface area contributed by atoms with Gasteiger partial charge in [-0.3, -0.25) is 14.6 Å².